The molecule has 4 N–H and O–H groups in total. The Hall–Kier alpha value is -1.40. The van der Waals surface area contributed by atoms with Crippen molar-refractivity contribution >= 4 is 11.6 Å². The summed E-state index contributed by atoms with van der Waals surface area (Å²) in [6, 6.07) is 0. The second-order valence-corrected chi connectivity index (χ2v) is 4.21. The molecule has 2 rings (SSSR count). The minimum absolute atomic E-state index is 0.308. The molecule has 6 nitrogen and oxygen atoms in total. The molecular formula is C10H18N6. The fraction of sp³-hybridized carbons (Fsp3) is 0.600. The van der Waals surface area contributed by atoms with Crippen LogP contribution in [0.1, 0.15) is 5.69 Å². The Morgan fingerprint density at radius 3 is 2.50 bits per heavy atom. The van der Waals surface area contributed by atoms with Gasteiger partial charge in [-0.3, -0.25) is 4.90 Å². The zero-order chi connectivity index (χ0) is 11.5. The highest BCUT2D eigenvalue weighted by molar-refractivity contribution is 5.51. The Morgan fingerprint density at radius 2 is 1.88 bits per heavy atom. The fourth-order valence-electron chi connectivity index (χ4n) is 1.76. The zero-order valence-electron chi connectivity index (χ0n) is 9.56. The first kappa shape index (κ1) is 11.1. The number of hydrogen-bond donors (Lipinski definition) is 2. The molecule has 1 fully saturated rings. The molecule has 2 heterocycles. The van der Waals surface area contributed by atoms with Crippen molar-refractivity contribution in [3.8, 4) is 0 Å². The molecule has 1 aliphatic heterocycles. The number of hydrogen-bond acceptors (Lipinski definition) is 6. The number of rotatable bonds is 2. The largest absolute Gasteiger partial charge is 0.381 e. The van der Waals surface area contributed by atoms with E-state index in [4.69, 9.17) is 11.5 Å². The van der Waals surface area contributed by atoms with Crippen molar-refractivity contribution in [2.45, 2.75) is 6.54 Å². The molecule has 88 valence electrons. The van der Waals surface area contributed by atoms with E-state index in [-0.39, 0.29) is 0 Å². The second-order valence-electron chi connectivity index (χ2n) is 4.21. The average molecular weight is 222 g/mol. The normalized spacial score (nSPS) is 18.8. The van der Waals surface area contributed by atoms with Crippen molar-refractivity contribution in [2.24, 2.45) is 0 Å². The van der Waals surface area contributed by atoms with E-state index in [1.807, 2.05) is 0 Å². The predicted molar refractivity (Wildman–Crippen MR) is 63.6 cm³/mol. The van der Waals surface area contributed by atoms with Crippen molar-refractivity contribution in [2.75, 3.05) is 44.7 Å². The van der Waals surface area contributed by atoms with Crippen molar-refractivity contribution in [3.05, 3.63) is 11.9 Å². The molecular weight excluding hydrogens is 204 g/mol. The Kier molecular flexibility index (Phi) is 3.21. The lowest BCUT2D eigenvalue weighted by molar-refractivity contribution is 0.147. The molecule has 0 aliphatic carbocycles. The van der Waals surface area contributed by atoms with E-state index in [0.29, 0.717) is 11.6 Å². The van der Waals surface area contributed by atoms with Crippen LogP contribution in [0, 0.1) is 0 Å². The maximum absolute atomic E-state index is 5.62. The van der Waals surface area contributed by atoms with E-state index >= 15 is 0 Å². The predicted octanol–water partition coefficient (Wildman–Crippen LogP) is -0.612. The van der Waals surface area contributed by atoms with Gasteiger partial charge < -0.3 is 16.4 Å². The highest BCUT2D eigenvalue weighted by Crippen LogP contribution is 2.10. The van der Waals surface area contributed by atoms with Gasteiger partial charge >= 0.3 is 0 Å². The standard InChI is InChI=1S/C10H18N6/c1-15-2-4-16(5-3-15)7-8-6-13-9(11)10(12)14-8/h6H,2-5,7H2,1H3,(H2,11,13)(H2,12,14). The van der Waals surface area contributed by atoms with Gasteiger partial charge in [0.05, 0.1) is 11.9 Å². The van der Waals surface area contributed by atoms with E-state index in [1.165, 1.54) is 0 Å². The van der Waals surface area contributed by atoms with Crippen LogP contribution in [0.25, 0.3) is 0 Å². The number of nitrogens with two attached hydrogens (primary N) is 2. The molecule has 1 aliphatic rings. The Bertz CT molecular complexity index is 358. The van der Waals surface area contributed by atoms with Crippen LogP contribution in [0.2, 0.25) is 0 Å². The topological polar surface area (TPSA) is 84.3 Å². The number of aromatic nitrogens is 2. The summed E-state index contributed by atoms with van der Waals surface area (Å²) in [6.45, 7) is 5.10. The smallest absolute Gasteiger partial charge is 0.166 e. The number of piperazine rings is 1. The van der Waals surface area contributed by atoms with Gasteiger partial charge in [0.2, 0.25) is 0 Å². The molecule has 0 unspecified atom stereocenters. The van der Waals surface area contributed by atoms with Gasteiger partial charge in [-0.1, -0.05) is 0 Å². The van der Waals surface area contributed by atoms with Crippen LogP contribution in [-0.2, 0) is 6.54 Å². The van der Waals surface area contributed by atoms with Crippen LogP contribution in [-0.4, -0.2) is 53.0 Å². The third-order valence-corrected chi connectivity index (χ3v) is 2.86. The van der Waals surface area contributed by atoms with Gasteiger partial charge in [0.15, 0.2) is 11.6 Å². The molecule has 0 radical (unpaired) electrons. The quantitative estimate of drug-likeness (QED) is 0.694. The highest BCUT2D eigenvalue weighted by atomic mass is 15.2. The average Bonchev–Trinajstić information content (AvgIpc) is 2.27. The molecule has 0 saturated carbocycles. The Morgan fingerprint density at radius 1 is 1.19 bits per heavy atom. The van der Waals surface area contributed by atoms with Crippen LogP contribution in [0.3, 0.4) is 0 Å². The third-order valence-electron chi connectivity index (χ3n) is 2.86. The number of anilines is 2. The van der Waals surface area contributed by atoms with Crippen molar-refractivity contribution in [3.63, 3.8) is 0 Å². The van der Waals surface area contributed by atoms with E-state index < -0.39 is 0 Å². The summed E-state index contributed by atoms with van der Waals surface area (Å²) in [5, 5.41) is 0. The van der Waals surface area contributed by atoms with Crippen molar-refractivity contribution < 1.29 is 0 Å². The molecule has 0 bridgehead atoms. The molecule has 0 amide bonds. The highest BCUT2D eigenvalue weighted by Gasteiger charge is 2.14. The molecule has 1 aromatic heterocycles. The number of likely N-dealkylation sites (N-methyl/N-ethyl adjacent to an activating group) is 1. The van der Waals surface area contributed by atoms with Crippen LogP contribution < -0.4 is 11.5 Å². The van der Waals surface area contributed by atoms with E-state index in [2.05, 4.69) is 26.8 Å². The first-order chi connectivity index (χ1) is 7.65. The summed E-state index contributed by atoms with van der Waals surface area (Å²) < 4.78 is 0. The molecule has 0 aromatic carbocycles. The Balaban J connectivity index is 1.96. The SMILES string of the molecule is CN1CCN(Cc2cnc(N)c(N)n2)CC1. The van der Waals surface area contributed by atoms with Crippen LogP contribution in [0.4, 0.5) is 11.6 Å². The van der Waals surface area contributed by atoms with Crippen molar-refractivity contribution in [1.29, 1.82) is 0 Å². The maximum Gasteiger partial charge on any atom is 0.166 e. The van der Waals surface area contributed by atoms with E-state index in [1.54, 1.807) is 6.20 Å². The lowest BCUT2D eigenvalue weighted by atomic mass is 10.3. The fourth-order valence-corrected chi connectivity index (χ4v) is 1.76. The summed E-state index contributed by atoms with van der Waals surface area (Å²) >= 11 is 0. The zero-order valence-corrected chi connectivity index (χ0v) is 9.56. The van der Waals surface area contributed by atoms with Gasteiger partial charge in [-0.25, -0.2) is 9.97 Å². The molecule has 0 atom stereocenters. The first-order valence-electron chi connectivity index (χ1n) is 5.43. The van der Waals surface area contributed by atoms with E-state index in [0.717, 1.165) is 38.4 Å². The summed E-state index contributed by atoms with van der Waals surface area (Å²) in [5.41, 5.74) is 12.0. The molecule has 16 heavy (non-hydrogen) atoms. The lowest BCUT2D eigenvalue weighted by Crippen LogP contribution is -2.44. The van der Waals surface area contributed by atoms with Crippen molar-refractivity contribution in [1.82, 2.24) is 19.8 Å². The van der Waals surface area contributed by atoms with Crippen LogP contribution >= 0.6 is 0 Å². The number of nitrogen functional groups attached to an aromatic ring is 2. The van der Waals surface area contributed by atoms with Gasteiger partial charge in [0.25, 0.3) is 0 Å². The van der Waals surface area contributed by atoms with Crippen LogP contribution in [0.5, 0.6) is 0 Å². The van der Waals surface area contributed by atoms with E-state index in [9.17, 15) is 0 Å². The summed E-state index contributed by atoms with van der Waals surface area (Å²) in [4.78, 5) is 12.9. The van der Waals surface area contributed by atoms with Gasteiger partial charge in [-0.05, 0) is 7.05 Å². The van der Waals surface area contributed by atoms with Gasteiger partial charge in [-0.2, -0.15) is 0 Å². The maximum atomic E-state index is 5.62. The molecule has 1 aromatic rings. The molecule has 0 spiro atoms. The van der Waals surface area contributed by atoms with Gasteiger partial charge in [0, 0.05) is 32.7 Å². The van der Waals surface area contributed by atoms with Gasteiger partial charge in [-0.15, -0.1) is 0 Å². The third kappa shape index (κ3) is 2.59. The summed E-state index contributed by atoms with van der Waals surface area (Å²) in [6.07, 6.45) is 1.70. The first-order valence-corrected chi connectivity index (χ1v) is 5.43. The summed E-state index contributed by atoms with van der Waals surface area (Å²) in [5.74, 6) is 0.633. The molecule has 6 heteroatoms. The monoisotopic (exact) mass is 222 g/mol. The summed E-state index contributed by atoms with van der Waals surface area (Å²) in [7, 11) is 2.14. The van der Waals surface area contributed by atoms with Gasteiger partial charge in [0.1, 0.15) is 0 Å². The Labute approximate surface area is 95.3 Å². The van der Waals surface area contributed by atoms with Crippen LogP contribution in [0.15, 0.2) is 6.20 Å². The minimum atomic E-state index is 0.308. The lowest BCUT2D eigenvalue weighted by Gasteiger charge is -2.31. The minimum Gasteiger partial charge on any atom is -0.381 e. The second kappa shape index (κ2) is 4.63. The number of nitrogens with zero attached hydrogens (tertiary/aromatic N) is 4. The molecule has 1 saturated heterocycles.